The Morgan fingerprint density at radius 3 is 2.66 bits per heavy atom. The summed E-state index contributed by atoms with van der Waals surface area (Å²) in [6, 6.07) is 8.71. The summed E-state index contributed by atoms with van der Waals surface area (Å²) in [5.74, 6) is 0.319. The normalized spacial score (nSPS) is 21.5. The van der Waals surface area contributed by atoms with E-state index in [1.54, 1.807) is 18.2 Å². The molecular weight excluding hydrogens is 597 g/mol. The Morgan fingerprint density at radius 2 is 1.98 bits per heavy atom. The lowest BCUT2D eigenvalue weighted by Gasteiger charge is -2.33. The number of anilines is 3. The molecule has 0 spiro atoms. The number of benzene rings is 2. The highest BCUT2D eigenvalue weighted by Crippen LogP contribution is 2.42. The van der Waals surface area contributed by atoms with Gasteiger partial charge in [0.15, 0.2) is 0 Å². The average Bonchev–Trinajstić information content (AvgIpc) is 2.97. The number of hydrogen-bond acceptors (Lipinski definition) is 8. The zero-order valence-corrected chi connectivity index (χ0v) is 25.9. The van der Waals surface area contributed by atoms with E-state index in [0.29, 0.717) is 66.7 Å². The number of carbonyl (C=O) groups excluding carboxylic acids is 1. The third-order valence-electron chi connectivity index (χ3n) is 7.72. The lowest BCUT2D eigenvalue weighted by Crippen LogP contribution is -2.52. The number of ether oxygens (including phenoxy) is 2. The first-order chi connectivity index (χ1) is 21.0. The summed E-state index contributed by atoms with van der Waals surface area (Å²) in [7, 11) is 3.91. The van der Waals surface area contributed by atoms with E-state index in [4.69, 9.17) is 21.1 Å². The van der Waals surface area contributed by atoms with Crippen molar-refractivity contribution in [1.82, 2.24) is 10.2 Å². The van der Waals surface area contributed by atoms with Gasteiger partial charge in [0.1, 0.15) is 24.1 Å². The van der Waals surface area contributed by atoms with Crippen molar-refractivity contribution in [2.75, 3.05) is 56.3 Å². The fourth-order valence-electron chi connectivity index (χ4n) is 5.49. The number of amides is 1. The number of nitriles is 1. The van der Waals surface area contributed by atoms with E-state index in [1.165, 1.54) is 0 Å². The van der Waals surface area contributed by atoms with Gasteiger partial charge in [0.05, 0.1) is 35.3 Å². The van der Waals surface area contributed by atoms with Gasteiger partial charge in [0, 0.05) is 42.0 Å². The van der Waals surface area contributed by atoms with E-state index >= 15 is 0 Å². The molecule has 2 aliphatic rings. The van der Waals surface area contributed by atoms with Crippen LogP contribution in [-0.2, 0) is 4.79 Å². The maximum atomic E-state index is 13.1. The van der Waals surface area contributed by atoms with Crippen LogP contribution in [0.1, 0.15) is 50.6 Å². The SMILES string of the molecule is CCOc1cc2c(cc1NC(=O)CCCN(C)C)C(Nc1ccc(OCC3CCCC(C(F)(F)F)N3)c(Cl)c1)C(C#N)CN2. The summed E-state index contributed by atoms with van der Waals surface area (Å²) in [5, 5.41) is 22.6. The first-order valence-corrected chi connectivity index (χ1v) is 15.3. The fraction of sp³-hybridized carbons (Fsp3) is 0.548. The van der Waals surface area contributed by atoms with E-state index in [0.717, 1.165) is 17.8 Å². The Bertz CT molecular complexity index is 1340. The Hall–Kier alpha value is -3.40. The molecule has 4 atom stereocenters. The van der Waals surface area contributed by atoms with Crippen LogP contribution in [0.3, 0.4) is 0 Å². The maximum Gasteiger partial charge on any atom is 0.403 e. The number of rotatable bonds is 12. The molecule has 2 aromatic carbocycles. The quantitative estimate of drug-likeness (QED) is 0.218. The summed E-state index contributed by atoms with van der Waals surface area (Å²) >= 11 is 6.53. The largest absolute Gasteiger partial charge is 0.492 e. The molecule has 0 saturated carbocycles. The highest BCUT2D eigenvalue weighted by atomic mass is 35.5. The topological polar surface area (TPSA) is 111 Å². The summed E-state index contributed by atoms with van der Waals surface area (Å²) in [6.45, 7) is 3.53. The zero-order valence-electron chi connectivity index (χ0n) is 25.2. The van der Waals surface area contributed by atoms with Crippen LogP contribution in [0.2, 0.25) is 5.02 Å². The minimum Gasteiger partial charge on any atom is -0.492 e. The van der Waals surface area contributed by atoms with E-state index in [1.807, 2.05) is 38.1 Å². The van der Waals surface area contributed by atoms with E-state index < -0.39 is 30.2 Å². The minimum atomic E-state index is -4.29. The maximum absolute atomic E-state index is 13.1. The summed E-state index contributed by atoms with van der Waals surface area (Å²) in [5.41, 5.74) is 2.73. The van der Waals surface area contributed by atoms with Gasteiger partial charge in [-0.1, -0.05) is 11.6 Å². The molecule has 1 saturated heterocycles. The van der Waals surface area contributed by atoms with Crippen LogP contribution in [0.15, 0.2) is 30.3 Å². The number of alkyl halides is 3. The van der Waals surface area contributed by atoms with Gasteiger partial charge in [0.25, 0.3) is 0 Å². The van der Waals surface area contributed by atoms with Crippen molar-refractivity contribution in [3.8, 4) is 17.6 Å². The van der Waals surface area contributed by atoms with Crippen LogP contribution in [0.25, 0.3) is 0 Å². The van der Waals surface area contributed by atoms with Crippen molar-refractivity contribution < 1.29 is 27.4 Å². The Kier molecular flexibility index (Phi) is 11.5. The molecule has 0 radical (unpaired) electrons. The molecule has 13 heteroatoms. The van der Waals surface area contributed by atoms with Crippen molar-refractivity contribution in [3.63, 3.8) is 0 Å². The van der Waals surface area contributed by atoms with Crippen molar-refractivity contribution in [3.05, 3.63) is 40.9 Å². The molecule has 0 aliphatic carbocycles. The smallest absolute Gasteiger partial charge is 0.403 e. The third-order valence-corrected chi connectivity index (χ3v) is 8.02. The molecule has 1 fully saturated rings. The predicted octanol–water partition coefficient (Wildman–Crippen LogP) is 6.19. The van der Waals surface area contributed by atoms with Crippen LogP contribution in [0.4, 0.5) is 30.2 Å². The molecule has 0 aromatic heterocycles. The summed E-state index contributed by atoms with van der Waals surface area (Å²) < 4.78 is 51.1. The van der Waals surface area contributed by atoms with Gasteiger partial charge in [-0.25, -0.2) is 0 Å². The number of nitrogens with one attached hydrogen (secondary N) is 4. The van der Waals surface area contributed by atoms with Gasteiger partial charge in [-0.2, -0.15) is 18.4 Å². The highest BCUT2D eigenvalue weighted by Gasteiger charge is 2.42. The molecule has 9 nitrogen and oxygen atoms in total. The third kappa shape index (κ3) is 8.83. The van der Waals surface area contributed by atoms with Crippen molar-refractivity contribution in [2.45, 2.75) is 63.3 Å². The van der Waals surface area contributed by atoms with Crippen LogP contribution < -0.4 is 30.7 Å². The first-order valence-electron chi connectivity index (χ1n) is 14.9. The number of halogens is 4. The van der Waals surface area contributed by atoms with Crippen molar-refractivity contribution in [2.24, 2.45) is 5.92 Å². The standard InChI is InChI=1S/C31H40ClF3N6O3/c1-4-43-27-15-24-22(14-25(27)40-29(42)9-6-12-41(2)3)30(19(16-36)17-37-24)39-20-10-11-26(23(32)13-20)44-18-21-7-5-8-28(38-21)31(33,34)35/h10-11,13-15,19,21,28,30,37-39H,4-9,12,17-18H2,1-3H3,(H,40,42). The molecule has 1 amide bonds. The number of hydrogen-bond donors (Lipinski definition) is 4. The second-order valence-electron chi connectivity index (χ2n) is 11.4. The van der Waals surface area contributed by atoms with Crippen LogP contribution in [-0.4, -0.2) is 69.5 Å². The van der Waals surface area contributed by atoms with Crippen molar-refractivity contribution >= 4 is 34.6 Å². The molecule has 240 valence electrons. The highest BCUT2D eigenvalue weighted by molar-refractivity contribution is 6.32. The van der Waals surface area contributed by atoms with Gasteiger partial charge in [-0.15, -0.1) is 0 Å². The second-order valence-corrected chi connectivity index (χ2v) is 11.8. The molecule has 44 heavy (non-hydrogen) atoms. The average molecular weight is 637 g/mol. The lowest BCUT2D eigenvalue weighted by molar-refractivity contribution is -0.163. The van der Waals surface area contributed by atoms with Crippen LogP contribution in [0, 0.1) is 17.2 Å². The van der Waals surface area contributed by atoms with Gasteiger partial charge in [-0.3, -0.25) is 4.79 Å². The summed E-state index contributed by atoms with van der Waals surface area (Å²) in [4.78, 5) is 14.8. The summed E-state index contributed by atoms with van der Waals surface area (Å²) in [6.07, 6.45) is -2.12. The molecule has 2 aliphatic heterocycles. The van der Waals surface area contributed by atoms with E-state index in [9.17, 15) is 23.2 Å². The van der Waals surface area contributed by atoms with E-state index in [-0.39, 0.29) is 18.9 Å². The Morgan fingerprint density at radius 1 is 1.18 bits per heavy atom. The van der Waals surface area contributed by atoms with Gasteiger partial charge >= 0.3 is 6.18 Å². The zero-order chi connectivity index (χ0) is 31.9. The van der Waals surface area contributed by atoms with Gasteiger partial charge in [0.2, 0.25) is 5.91 Å². The van der Waals surface area contributed by atoms with Crippen LogP contribution in [0.5, 0.6) is 11.5 Å². The number of carbonyl (C=O) groups is 1. The van der Waals surface area contributed by atoms with Gasteiger partial charge < -0.3 is 35.6 Å². The Balaban J connectivity index is 1.49. The molecule has 4 rings (SSSR count). The van der Waals surface area contributed by atoms with Crippen molar-refractivity contribution in [1.29, 1.82) is 5.26 Å². The first kappa shape index (κ1) is 33.5. The minimum absolute atomic E-state index is 0.0577. The number of piperidine rings is 1. The Labute approximate surface area is 261 Å². The molecule has 4 unspecified atom stereocenters. The predicted molar refractivity (Wildman–Crippen MR) is 166 cm³/mol. The molecule has 2 heterocycles. The monoisotopic (exact) mass is 636 g/mol. The molecule has 0 bridgehead atoms. The van der Waals surface area contributed by atoms with E-state index in [2.05, 4.69) is 27.3 Å². The fourth-order valence-corrected chi connectivity index (χ4v) is 5.72. The second kappa shape index (κ2) is 15.1. The van der Waals surface area contributed by atoms with Gasteiger partial charge in [-0.05, 0) is 77.5 Å². The lowest BCUT2D eigenvalue weighted by atomic mass is 9.88. The number of nitrogens with zero attached hydrogens (tertiary/aromatic N) is 2. The molecule has 2 aromatic rings. The molecule has 4 N–H and O–H groups in total. The number of fused-ring (bicyclic) bond motifs is 1. The molecular formula is C31H40ClF3N6O3. The van der Waals surface area contributed by atoms with Crippen LogP contribution >= 0.6 is 11.6 Å².